The van der Waals surface area contributed by atoms with E-state index < -0.39 is 0 Å². The summed E-state index contributed by atoms with van der Waals surface area (Å²) in [5.41, 5.74) is 8.85. The first-order chi connectivity index (χ1) is 10.0. The highest BCUT2D eigenvalue weighted by Gasteiger charge is 2.29. The Morgan fingerprint density at radius 2 is 2.00 bits per heavy atom. The Kier molecular flexibility index (Phi) is 3.66. The highest BCUT2D eigenvalue weighted by Crippen LogP contribution is 2.38. The fourth-order valence-corrected chi connectivity index (χ4v) is 3.56. The van der Waals surface area contributed by atoms with Crippen molar-refractivity contribution in [3.05, 3.63) is 23.8 Å². The van der Waals surface area contributed by atoms with Crippen molar-refractivity contribution in [1.29, 1.82) is 0 Å². The highest BCUT2D eigenvalue weighted by atomic mass is 15.5. The van der Waals surface area contributed by atoms with Crippen LogP contribution in [-0.4, -0.2) is 20.2 Å². The van der Waals surface area contributed by atoms with Gasteiger partial charge in [-0.2, -0.15) is 0 Å². The van der Waals surface area contributed by atoms with E-state index in [2.05, 4.69) is 35.4 Å². The molecule has 0 saturated heterocycles. The maximum absolute atomic E-state index is 5.96. The quantitative estimate of drug-likeness (QED) is 0.860. The van der Waals surface area contributed by atoms with E-state index in [1.165, 1.54) is 12.8 Å². The molecule has 3 atom stereocenters. The standard InChI is InChI=1S/C16H23N5/c1-10-4-5-15(12(3)6-10)21-16(18-19-20-21)13-7-11(2)8-14(17)9-13/h7-10,12,15H,4-6,17H2,1-3H3. The van der Waals surface area contributed by atoms with Gasteiger partial charge in [-0.3, -0.25) is 0 Å². The minimum absolute atomic E-state index is 0.382. The van der Waals surface area contributed by atoms with Gasteiger partial charge in [-0.1, -0.05) is 13.8 Å². The first-order valence-corrected chi connectivity index (χ1v) is 7.70. The fourth-order valence-electron chi connectivity index (χ4n) is 3.56. The molecule has 2 aromatic rings. The van der Waals surface area contributed by atoms with Gasteiger partial charge < -0.3 is 5.73 Å². The molecular formula is C16H23N5. The van der Waals surface area contributed by atoms with Crippen LogP contribution < -0.4 is 5.73 Å². The molecule has 0 aliphatic heterocycles. The third-order valence-electron chi connectivity index (χ3n) is 4.55. The molecule has 112 valence electrons. The Labute approximate surface area is 125 Å². The molecule has 0 radical (unpaired) electrons. The summed E-state index contributed by atoms with van der Waals surface area (Å²) < 4.78 is 2.00. The van der Waals surface area contributed by atoms with E-state index in [0.717, 1.165) is 35.0 Å². The van der Waals surface area contributed by atoms with E-state index in [4.69, 9.17) is 5.73 Å². The molecule has 0 bridgehead atoms. The molecule has 1 aliphatic carbocycles. The summed E-state index contributed by atoms with van der Waals surface area (Å²) in [7, 11) is 0. The zero-order valence-electron chi connectivity index (χ0n) is 13.0. The second kappa shape index (κ2) is 5.47. The van der Waals surface area contributed by atoms with Crippen molar-refractivity contribution in [2.75, 3.05) is 5.73 Å². The maximum atomic E-state index is 5.96. The van der Waals surface area contributed by atoms with Gasteiger partial charge in [-0.25, -0.2) is 4.68 Å². The first kappa shape index (κ1) is 14.0. The second-order valence-electron chi connectivity index (χ2n) is 6.54. The van der Waals surface area contributed by atoms with Gasteiger partial charge in [0.2, 0.25) is 0 Å². The number of nitrogens with two attached hydrogens (primary N) is 1. The van der Waals surface area contributed by atoms with Gasteiger partial charge in [0.1, 0.15) is 0 Å². The Hall–Kier alpha value is -1.91. The number of hydrogen-bond acceptors (Lipinski definition) is 4. The lowest BCUT2D eigenvalue weighted by Crippen LogP contribution is -2.26. The van der Waals surface area contributed by atoms with Crippen molar-refractivity contribution in [3.8, 4) is 11.4 Å². The maximum Gasteiger partial charge on any atom is 0.182 e. The van der Waals surface area contributed by atoms with Crippen LogP contribution in [0.3, 0.4) is 0 Å². The lowest BCUT2D eigenvalue weighted by Gasteiger charge is -2.32. The van der Waals surface area contributed by atoms with Gasteiger partial charge in [0, 0.05) is 11.3 Å². The SMILES string of the molecule is Cc1cc(N)cc(-c2nnnn2C2CCC(C)CC2C)c1. The van der Waals surface area contributed by atoms with Gasteiger partial charge in [-0.05, 0) is 72.2 Å². The number of nitrogen functional groups attached to an aromatic ring is 1. The molecule has 1 saturated carbocycles. The largest absolute Gasteiger partial charge is 0.399 e. The minimum atomic E-state index is 0.382. The molecule has 1 aromatic heterocycles. The molecule has 21 heavy (non-hydrogen) atoms. The van der Waals surface area contributed by atoms with Crippen LogP contribution in [0.2, 0.25) is 0 Å². The smallest absolute Gasteiger partial charge is 0.182 e. The molecule has 3 unspecified atom stereocenters. The number of hydrogen-bond donors (Lipinski definition) is 1. The molecule has 1 aliphatic rings. The van der Waals surface area contributed by atoms with Crippen LogP contribution in [0, 0.1) is 18.8 Å². The normalized spacial score (nSPS) is 26.0. The van der Waals surface area contributed by atoms with E-state index in [9.17, 15) is 0 Å². The molecule has 0 spiro atoms. The molecule has 5 nitrogen and oxygen atoms in total. The zero-order valence-corrected chi connectivity index (χ0v) is 13.0. The van der Waals surface area contributed by atoms with Crippen molar-refractivity contribution in [2.24, 2.45) is 11.8 Å². The lowest BCUT2D eigenvalue weighted by atomic mass is 9.80. The fraction of sp³-hybridized carbons (Fsp3) is 0.562. The molecule has 3 rings (SSSR count). The number of nitrogens with zero attached hydrogens (tertiary/aromatic N) is 4. The van der Waals surface area contributed by atoms with Gasteiger partial charge in [-0.15, -0.1) is 5.10 Å². The number of anilines is 1. The van der Waals surface area contributed by atoms with Crippen molar-refractivity contribution >= 4 is 5.69 Å². The van der Waals surface area contributed by atoms with Gasteiger partial charge in [0.15, 0.2) is 5.82 Å². The van der Waals surface area contributed by atoms with E-state index in [1.54, 1.807) is 0 Å². The molecule has 2 N–H and O–H groups in total. The average Bonchev–Trinajstić information content (AvgIpc) is 2.86. The summed E-state index contributed by atoms with van der Waals surface area (Å²) in [5, 5.41) is 12.4. The number of aryl methyl sites for hydroxylation is 1. The van der Waals surface area contributed by atoms with Crippen molar-refractivity contribution in [3.63, 3.8) is 0 Å². The van der Waals surface area contributed by atoms with E-state index in [1.807, 2.05) is 23.7 Å². The molecule has 0 amide bonds. The van der Waals surface area contributed by atoms with Crippen LogP contribution in [-0.2, 0) is 0 Å². The van der Waals surface area contributed by atoms with Crippen molar-refractivity contribution in [1.82, 2.24) is 20.2 Å². The Bertz CT molecular complexity index is 613. The first-order valence-electron chi connectivity index (χ1n) is 7.70. The molecule has 1 heterocycles. The summed E-state index contributed by atoms with van der Waals surface area (Å²) in [6, 6.07) is 6.38. The van der Waals surface area contributed by atoms with Gasteiger partial charge in [0.05, 0.1) is 6.04 Å². The van der Waals surface area contributed by atoms with E-state index in [-0.39, 0.29) is 0 Å². The van der Waals surface area contributed by atoms with E-state index >= 15 is 0 Å². The summed E-state index contributed by atoms with van der Waals surface area (Å²) in [4.78, 5) is 0. The number of tetrazole rings is 1. The Balaban J connectivity index is 1.97. The highest BCUT2D eigenvalue weighted by molar-refractivity contribution is 5.62. The topological polar surface area (TPSA) is 69.6 Å². The van der Waals surface area contributed by atoms with Crippen molar-refractivity contribution in [2.45, 2.75) is 46.1 Å². The number of rotatable bonds is 2. The number of aromatic nitrogens is 4. The van der Waals surface area contributed by atoms with Gasteiger partial charge in [0.25, 0.3) is 0 Å². The predicted octanol–water partition coefficient (Wildman–Crippen LogP) is 3.23. The summed E-state index contributed by atoms with van der Waals surface area (Å²) >= 11 is 0. The summed E-state index contributed by atoms with van der Waals surface area (Å²) in [5.74, 6) is 2.22. The monoisotopic (exact) mass is 285 g/mol. The van der Waals surface area contributed by atoms with Crippen LogP contribution in [0.4, 0.5) is 5.69 Å². The van der Waals surface area contributed by atoms with Crippen LogP contribution in [0.15, 0.2) is 18.2 Å². The van der Waals surface area contributed by atoms with Crippen LogP contribution in [0.1, 0.15) is 44.7 Å². The zero-order chi connectivity index (χ0) is 15.0. The van der Waals surface area contributed by atoms with Crippen LogP contribution in [0.25, 0.3) is 11.4 Å². The molecular weight excluding hydrogens is 262 g/mol. The van der Waals surface area contributed by atoms with Crippen molar-refractivity contribution < 1.29 is 0 Å². The Morgan fingerprint density at radius 3 is 2.71 bits per heavy atom. The summed E-state index contributed by atoms with van der Waals surface area (Å²) in [6.45, 7) is 6.67. The predicted molar refractivity (Wildman–Crippen MR) is 83.6 cm³/mol. The third-order valence-corrected chi connectivity index (χ3v) is 4.55. The van der Waals surface area contributed by atoms with Gasteiger partial charge >= 0.3 is 0 Å². The van der Waals surface area contributed by atoms with Crippen LogP contribution in [0.5, 0.6) is 0 Å². The molecule has 1 aromatic carbocycles. The Morgan fingerprint density at radius 1 is 1.19 bits per heavy atom. The molecule has 1 fully saturated rings. The van der Waals surface area contributed by atoms with Crippen LogP contribution >= 0.6 is 0 Å². The third kappa shape index (κ3) is 2.77. The number of benzene rings is 1. The lowest BCUT2D eigenvalue weighted by molar-refractivity contribution is 0.194. The molecule has 5 heteroatoms. The second-order valence-corrected chi connectivity index (χ2v) is 6.54. The van der Waals surface area contributed by atoms with E-state index in [0.29, 0.717) is 12.0 Å². The minimum Gasteiger partial charge on any atom is -0.399 e. The average molecular weight is 285 g/mol. The summed E-state index contributed by atoms with van der Waals surface area (Å²) in [6.07, 6.45) is 3.62.